The lowest BCUT2D eigenvalue weighted by Crippen LogP contribution is -2.65. The summed E-state index contributed by atoms with van der Waals surface area (Å²) in [5.41, 5.74) is -0.206. The number of aliphatic hydroxyl groups excluding tert-OH is 12. The Hall–Kier alpha value is -1.56. The molecule has 5 heterocycles. The summed E-state index contributed by atoms with van der Waals surface area (Å²) >= 11 is 0. The molecule has 5 aliphatic heterocycles. The Morgan fingerprint density at radius 3 is 1.93 bits per heavy atom. The minimum absolute atomic E-state index is 0.0864. The van der Waals surface area contributed by atoms with Crippen molar-refractivity contribution in [2.24, 2.45) is 40.4 Å². The smallest absolute Gasteiger partial charge is 0.187 e. The molecule has 9 rings (SSSR count). The fourth-order valence-corrected chi connectivity index (χ4v) is 14.6. The number of hydrogen-bond acceptors (Lipinski definition) is 22. The van der Waals surface area contributed by atoms with E-state index in [4.69, 9.17) is 42.6 Å². The van der Waals surface area contributed by atoms with Crippen LogP contribution in [0.15, 0.2) is 23.5 Å². The molecule has 5 saturated heterocycles. The lowest BCUT2D eigenvalue weighted by atomic mass is 9.46. The van der Waals surface area contributed by atoms with Gasteiger partial charge in [-0.05, 0) is 113 Å². The molecule has 4 aliphatic carbocycles. The molecule has 0 bridgehead atoms. The molecule has 22 nitrogen and oxygen atoms in total. The fourth-order valence-electron chi connectivity index (χ4n) is 14.6. The number of rotatable bonds is 13. The van der Waals surface area contributed by atoms with E-state index in [0.717, 1.165) is 32.1 Å². The van der Waals surface area contributed by atoms with Crippen molar-refractivity contribution in [2.75, 3.05) is 19.8 Å². The van der Waals surface area contributed by atoms with Crippen LogP contribution in [0.1, 0.15) is 92.9 Å². The molecule has 418 valence electrons. The highest BCUT2D eigenvalue weighted by atomic mass is 16.8. The predicted octanol–water partition coefficient (Wildman–Crippen LogP) is -2.06. The lowest BCUT2D eigenvalue weighted by Gasteiger charge is -2.58. The van der Waals surface area contributed by atoms with Crippen LogP contribution in [-0.2, 0) is 42.6 Å². The van der Waals surface area contributed by atoms with Crippen molar-refractivity contribution >= 4 is 0 Å². The average molecular weight is 1050 g/mol. The highest BCUT2D eigenvalue weighted by Gasteiger charge is 2.69. The van der Waals surface area contributed by atoms with E-state index in [1.165, 1.54) is 19.4 Å². The van der Waals surface area contributed by atoms with Crippen molar-refractivity contribution in [2.45, 2.75) is 234 Å². The molecule has 3 saturated carbocycles. The molecule has 73 heavy (non-hydrogen) atoms. The van der Waals surface area contributed by atoms with E-state index in [1.807, 2.05) is 19.9 Å². The van der Waals surface area contributed by atoms with Crippen LogP contribution in [0.4, 0.5) is 0 Å². The lowest BCUT2D eigenvalue weighted by molar-refractivity contribution is -0.376. The zero-order valence-electron chi connectivity index (χ0n) is 42.5. The third kappa shape index (κ3) is 10.0. The van der Waals surface area contributed by atoms with Gasteiger partial charge >= 0.3 is 0 Å². The van der Waals surface area contributed by atoms with Gasteiger partial charge in [0.1, 0.15) is 103 Å². The molecular weight excluding hydrogens is 965 g/mol. The normalized spacial score (nSPS) is 54.9. The van der Waals surface area contributed by atoms with E-state index in [0.29, 0.717) is 42.8 Å². The summed E-state index contributed by atoms with van der Waals surface area (Å²) in [6.45, 7) is 10.4. The molecule has 0 amide bonds. The van der Waals surface area contributed by atoms with Gasteiger partial charge in [0, 0.05) is 5.92 Å². The third-order valence-corrected chi connectivity index (χ3v) is 18.9. The highest BCUT2D eigenvalue weighted by molar-refractivity contribution is 5.29. The first-order valence-electron chi connectivity index (χ1n) is 26.5. The number of hydrogen-bond donors (Lipinski definition) is 13. The molecule has 0 aromatic carbocycles. The molecule has 9 aliphatic rings. The molecule has 0 unspecified atom stereocenters. The van der Waals surface area contributed by atoms with Gasteiger partial charge in [-0.15, -0.1) is 0 Å². The van der Waals surface area contributed by atoms with Gasteiger partial charge in [0.05, 0.1) is 38.1 Å². The quantitative estimate of drug-likeness (QED) is 0.0882. The minimum atomic E-state index is -1.79. The number of allylic oxidation sites excluding steroid dienone is 2. The minimum Gasteiger partial charge on any atom is -0.492 e. The monoisotopic (exact) mass is 1050 g/mol. The molecule has 8 fully saturated rings. The van der Waals surface area contributed by atoms with Gasteiger partial charge in [-0.2, -0.15) is 0 Å². The number of fused-ring (bicyclic) bond motifs is 7. The zero-order chi connectivity index (χ0) is 52.8. The molecule has 13 N–H and O–H groups in total. The van der Waals surface area contributed by atoms with Crippen molar-refractivity contribution in [1.29, 1.82) is 0 Å². The van der Waals surface area contributed by atoms with E-state index >= 15 is 0 Å². The van der Waals surface area contributed by atoms with Crippen molar-refractivity contribution in [1.82, 2.24) is 0 Å². The summed E-state index contributed by atoms with van der Waals surface area (Å²) in [6.07, 6.45) is -18.6. The molecule has 30 atom stereocenters. The summed E-state index contributed by atoms with van der Waals surface area (Å²) < 4.78 is 53.4. The summed E-state index contributed by atoms with van der Waals surface area (Å²) in [5, 5.41) is 139. The van der Waals surface area contributed by atoms with Crippen LogP contribution in [0.3, 0.4) is 0 Å². The van der Waals surface area contributed by atoms with Crippen LogP contribution in [0.5, 0.6) is 0 Å². The fraction of sp³-hybridized carbons (Fsp3) is 0.922. The summed E-state index contributed by atoms with van der Waals surface area (Å²) in [4.78, 5) is 0. The third-order valence-electron chi connectivity index (χ3n) is 18.9. The second-order valence-electron chi connectivity index (χ2n) is 23.5. The van der Waals surface area contributed by atoms with Crippen LogP contribution in [0.2, 0.25) is 0 Å². The summed E-state index contributed by atoms with van der Waals surface area (Å²) in [5.74, 6) is 1.45. The van der Waals surface area contributed by atoms with Gasteiger partial charge in [-0.3, -0.25) is 0 Å². The van der Waals surface area contributed by atoms with E-state index in [1.54, 1.807) is 0 Å². The van der Waals surface area contributed by atoms with E-state index in [-0.39, 0.29) is 41.5 Å². The van der Waals surface area contributed by atoms with E-state index in [2.05, 4.69) is 19.9 Å². The van der Waals surface area contributed by atoms with Crippen molar-refractivity contribution in [3.8, 4) is 0 Å². The Morgan fingerprint density at radius 2 is 1.25 bits per heavy atom. The number of ether oxygens (including phenoxy) is 9. The molecule has 0 aromatic heterocycles. The Kier molecular flexibility index (Phi) is 16.6. The SMILES string of the molecule is C[C@@H](C/C=C1\O[C@H]2C[C@H]3[C@@H]4CC=C5C[C@@H](O[C@@H]6O[C@H](CO)[C@@H](O[C@@H]7O[C@@H](C)[C@H](O[C@@H]8O[C@@H](C)[C@H](O)[C@@H](O)[C@H]8O)[C@@H](O)[C@H]7O)[C@H](O)[C@H]6O)CC[C@]5(C)[C@H]4CC[C@]3(C)[C@H]2[C@@]1(C)O)CO[C@@H]1O[C@H](CO)[C@@H](O)[C@H](O)[C@H]1O. The van der Waals surface area contributed by atoms with Crippen LogP contribution in [0.25, 0.3) is 0 Å². The predicted molar refractivity (Wildman–Crippen MR) is 249 cm³/mol. The largest absolute Gasteiger partial charge is 0.492 e. The average Bonchev–Trinajstić information content (AvgIpc) is 3.82. The Bertz CT molecular complexity index is 1960. The van der Waals surface area contributed by atoms with Gasteiger partial charge in [0.25, 0.3) is 0 Å². The molecule has 0 aromatic rings. The van der Waals surface area contributed by atoms with Crippen LogP contribution >= 0.6 is 0 Å². The Morgan fingerprint density at radius 1 is 0.658 bits per heavy atom. The molecular formula is C51H82O22. The Balaban J connectivity index is 0.780. The van der Waals surface area contributed by atoms with E-state index in [9.17, 15) is 66.4 Å². The van der Waals surface area contributed by atoms with Gasteiger partial charge in [-0.25, -0.2) is 0 Å². The van der Waals surface area contributed by atoms with Gasteiger partial charge in [0.15, 0.2) is 25.2 Å². The summed E-state index contributed by atoms with van der Waals surface area (Å²) in [7, 11) is 0. The van der Waals surface area contributed by atoms with Crippen LogP contribution in [0, 0.1) is 40.4 Å². The maximum atomic E-state index is 12.3. The first kappa shape index (κ1) is 56.2. The second kappa shape index (κ2) is 21.6. The topological polar surface area (TPSA) is 346 Å². The maximum absolute atomic E-state index is 12.3. The first-order chi connectivity index (χ1) is 34.4. The van der Waals surface area contributed by atoms with Gasteiger partial charge in [0.2, 0.25) is 0 Å². The van der Waals surface area contributed by atoms with Crippen molar-refractivity contribution in [3.05, 3.63) is 23.5 Å². The first-order valence-corrected chi connectivity index (χ1v) is 26.5. The zero-order valence-corrected chi connectivity index (χ0v) is 42.5. The molecule has 0 radical (unpaired) electrons. The maximum Gasteiger partial charge on any atom is 0.187 e. The standard InChI is InChI=1S/C51H82O22/c1-20(19-65-45-38(60)35(57)33(55)29(17-52)70-45)7-10-31-51(6,64)44-28(69-31)16-27-25-9-8-23-15-24(11-13-49(23,4)26(25)12-14-50(27,44)5)68-48-41(63)37(59)43(30(18-53)71-48)73-47-40(62)36(58)42(22(3)67-47)72-46-39(61)34(56)32(54)21(2)66-46/h8,10,20-22,24-30,32-48,52-64H,7,9,11-19H2,1-6H3/b31-10-/t20-,21-,22-,24-,25+,26-,27-,28-,29+,30+,32-,33+,34+,35-,36-,37+,38+,39+,40+,41+,42-,43+,44-,45+,46-,47-,48+,49-,50-,51-/m0/s1. The Labute approximate surface area is 425 Å². The summed E-state index contributed by atoms with van der Waals surface area (Å²) in [6, 6.07) is 0. The van der Waals surface area contributed by atoms with Crippen LogP contribution < -0.4 is 0 Å². The van der Waals surface area contributed by atoms with Gasteiger partial charge < -0.3 is 109 Å². The molecule has 22 heteroatoms. The van der Waals surface area contributed by atoms with Crippen molar-refractivity contribution < 1.29 is 109 Å². The van der Waals surface area contributed by atoms with Gasteiger partial charge in [-0.1, -0.05) is 32.4 Å². The highest BCUT2D eigenvalue weighted by Crippen LogP contribution is 2.70. The second-order valence-corrected chi connectivity index (χ2v) is 23.5. The molecule has 0 spiro atoms. The number of aliphatic hydroxyl groups is 13. The van der Waals surface area contributed by atoms with Crippen LogP contribution in [-0.4, -0.2) is 227 Å². The van der Waals surface area contributed by atoms with Crippen molar-refractivity contribution in [3.63, 3.8) is 0 Å². The van der Waals surface area contributed by atoms with E-state index < -0.39 is 142 Å².